The van der Waals surface area contributed by atoms with Gasteiger partial charge in [-0.15, -0.1) is 0 Å². The van der Waals surface area contributed by atoms with E-state index in [1.54, 1.807) is 20.8 Å². The van der Waals surface area contributed by atoms with Crippen LogP contribution in [0.1, 0.15) is 40.0 Å². The first-order chi connectivity index (χ1) is 16.8. The second-order valence-electron chi connectivity index (χ2n) is 9.02. The summed E-state index contributed by atoms with van der Waals surface area (Å²) in [6.45, 7) is 5.52. The third kappa shape index (κ3) is 11.4. The molecule has 1 saturated heterocycles. The minimum atomic E-state index is -1.65. The molecule has 0 aromatic carbocycles. The van der Waals surface area contributed by atoms with E-state index >= 15 is 0 Å². The number of carbonyl (C=O) groups is 4. The quantitative estimate of drug-likeness (QED) is 0.133. The molecule has 3 unspecified atom stereocenters. The van der Waals surface area contributed by atoms with Crippen molar-refractivity contribution in [3.8, 4) is 0 Å². The number of ether oxygens (including phenoxy) is 4. The Morgan fingerprint density at radius 1 is 1.14 bits per heavy atom. The third-order valence-electron chi connectivity index (χ3n) is 5.20. The van der Waals surface area contributed by atoms with Gasteiger partial charge in [0.15, 0.2) is 0 Å². The SMILES string of the molecule is COC(=O)/C=C/C(=O)SCCNC(=O)CCNC(=O)[C@@H]1OC(CC(O)CC(C)O)(OC)OCC1(C)C. The zero-order chi connectivity index (χ0) is 27.4. The minimum Gasteiger partial charge on any atom is -0.466 e. The molecule has 1 fully saturated rings. The summed E-state index contributed by atoms with van der Waals surface area (Å²) in [6.07, 6.45) is -0.571. The summed E-state index contributed by atoms with van der Waals surface area (Å²) in [7, 11) is 2.55. The molecule has 1 aliphatic heterocycles. The van der Waals surface area contributed by atoms with Gasteiger partial charge in [-0.1, -0.05) is 25.6 Å². The average Bonchev–Trinajstić information content (AvgIpc) is 2.80. The zero-order valence-electron chi connectivity index (χ0n) is 21.4. The fourth-order valence-electron chi connectivity index (χ4n) is 3.29. The van der Waals surface area contributed by atoms with Crippen molar-refractivity contribution in [1.82, 2.24) is 10.6 Å². The number of nitrogens with one attached hydrogen (secondary N) is 2. The van der Waals surface area contributed by atoms with Gasteiger partial charge >= 0.3 is 5.97 Å². The van der Waals surface area contributed by atoms with Crippen molar-refractivity contribution >= 4 is 34.7 Å². The number of hydrogen-bond donors (Lipinski definition) is 4. The lowest BCUT2D eigenvalue weighted by atomic mass is 9.85. The molecular weight excluding hydrogens is 496 g/mol. The predicted octanol–water partition coefficient (Wildman–Crippen LogP) is -0.138. The first kappa shape index (κ1) is 32.0. The highest BCUT2D eigenvalue weighted by Crippen LogP contribution is 2.38. The topological polar surface area (TPSA) is 170 Å². The Hall–Kier alpha value is -2.03. The molecule has 0 radical (unpaired) electrons. The monoisotopic (exact) mass is 534 g/mol. The van der Waals surface area contributed by atoms with Crippen LogP contribution in [0.3, 0.4) is 0 Å². The van der Waals surface area contributed by atoms with Gasteiger partial charge in [-0.3, -0.25) is 14.4 Å². The number of thioether (sulfide) groups is 1. The summed E-state index contributed by atoms with van der Waals surface area (Å²) in [4.78, 5) is 47.4. The Bertz CT molecular complexity index is 789. The Labute approximate surface area is 215 Å². The molecule has 1 rings (SSSR count). The van der Waals surface area contributed by atoms with Crippen LogP contribution in [0, 0.1) is 5.41 Å². The van der Waals surface area contributed by atoms with Crippen molar-refractivity contribution in [3.05, 3.63) is 12.2 Å². The van der Waals surface area contributed by atoms with Crippen molar-refractivity contribution in [1.29, 1.82) is 0 Å². The van der Waals surface area contributed by atoms with E-state index in [0.717, 1.165) is 23.9 Å². The van der Waals surface area contributed by atoms with Crippen molar-refractivity contribution in [2.24, 2.45) is 5.41 Å². The van der Waals surface area contributed by atoms with Crippen molar-refractivity contribution < 1.29 is 48.3 Å². The normalized spacial score (nSPS) is 23.0. The van der Waals surface area contributed by atoms with Gasteiger partial charge in [-0.2, -0.15) is 0 Å². The lowest BCUT2D eigenvalue weighted by Gasteiger charge is -2.47. The lowest BCUT2D eigenvalue weighted by molar-refractivity contribution is -0.429. The highest BCUT2D eigenvalue weighted by atomic mass is 32.2. The third-order valence-corrected chi connectivity index (χ3v) is 6.02. The van der Waals surface area contributed by atoms with Crippen molar-refractivity contribution in [2.75, 3.05) is 39.7 Å². The summed E-state index contributed by atoms with van der Waals surface area (Å²) in [5.41, 5.74) is -0.713. The number of carbonyl (C=O) groups excluding carboxylic acids is 4. The fraction of sp³-hybridized carbons (Fsp3) is 0.739. The molecule has 13 heteroatoms. The van der Waals surface area contributed by atoms with Gasteiger partial charge < -0.3 is 39.8 Å². The van der Waals surface area contributed by atoms with Gasteiger partial charge in [0.25, 0.3) is 5.97 Å². The second-order valence-corrected chi connectivity index (χ2v) is 10.1. The molecule has 2 amide bonds. The standard InChI is InChI=1S/C23H38N2O10S/c1-15(26)12-16(27)13-23(33-5)34-14-22(2,3)20(35-23)21(31)25-9-8-17(28)24-10-11-36-19(30)7-6-18(29)32-4/h6-7,15-16,20,26-27H,8-14H2,1-5H3,(H,24,28)(H,25,31)/b7-6+/t15?,16?,20-,23?/m0/s1. The van der Waals surface area contributed by atoms with Gasteiger partial charge in [0, 0.05) is 43.9 Å². The minimum absolute atomic E-state index is 0.0127. The van der Waals surface area contributed by atoms with Crippen LogP contribution in [0.25, 0.3) is 0 Å². The number of hydrogen-bond acceptors (Lipinski definition) is 11. The highest BCUT2D eigenvalue weighted by Gasteiger charge is 2.51. The molecule has 36 heavy (non-hydrogen) atoms. The predicted molar refractivity (Wildman–Crippen MR) is 131 cm³/mol. The smallest absolute Gasteiger partial charge is 0.330 e. The fourth-order valence-corrected chi connectivity index (χ4v) is 3.86. The van der Waals surface area contributed by atoms with Gasteiger partial charge in [0.05, 0.1) is 32.3 Å². The van der Waals surface area contributed by atoms with Crippen LogP contribution in [0.5, 0.6) is 0 Å². The molecule has 0 aliphatic carbocycles. The Morgan fingerprint density at radius 2 is 1.83 bits per heavy atom. The molecule has 0 spiro atoms. The van der Waals surface area contributed by atoms with Crippen LogP contribution in [0.15, 0.2) is 12.2 Å². The van der Waals surface area contributed by atoms with Gasteiger partial charge in [-0.05, 0) is 19.4 Å². The molecule has 0 aromatic heterocycles. The van der Waals surface area contributed by atoms with Gasteiger partial charge in [0.2, 0.25) is 16.9 Å². The maximum absolute atomic E-state index is 12.9. The molecule has 0 saturated carbocycles. The summed E-state index contributed by atoms with van der Waals surface area (Å²) in [6, 6.07) is 0. The second kappa shape index (κ2) is 15.3. The first-order valence-electron chi connectivity index (χ1n) is 11.5. The van der Waals surface area contributed by atoms with E-state index in [-0.39, 0.29) is 50.0 Å². The molecular formula is C23H38N2O10S. The molecule has 1 aliphatic rings. The number of rotatable bonds is 14. The van der Waals surface area contributed by atoms with Crippen molar-refractivity contribution in [3.63, 3.8) is 0 Å². The van der Waals surface area contributed by atoms with Crippen LogP contribution in [-0.2, 0) is 38.1 Å². The summed E-state index contributed by atoms with van der Waals surface area (Å²) < 4.78 is 21.4. The Kier molecular flexibility index (Phi) is 13.6. The van der Waals surface area contributed by atoms with Gasteiger partial charge in [-0.25, -0.2) is 4.79 Å². The van der Waals surface area contributed by atoms with E-state index in [0.29, 0.717) is 5.75 Å². The number of amides is 2. The molecule has 12 nitrogen and oxygen atoms in total. The molecule has 4 atom stereocenters. The number of aliphatic hydroxyl groups is 2. The van der Waals surface area contributed by atoms with Gasteiger partial charge in [0.1, 0.15) is 6.10 Å². The maximum Gasteiger partial charge on any atom is 0.330 e. The molecule has 1 heterocycles. The maximum atomic E-state index is 12.9. The summed E-state index contributed by atoms with van der Waals surface area (Å²) in [5.74, 6) is -2.73. The van der Waals surface area contributed by atoms with E-state index in [4.69, 9.17) is 14.2 Å². The Balaban J connectivity index is 2.48. The van der Waals surface area contributed by atoms with E-state index in [1.807, 2.05) is 0 Å². The number of esters is 1. The summed E-state index contributed by atoms with van der Waals surface area (Å²) in [5, 5.41) is 24.7. The van der Waals surface area contributed by atoms with E-state index in [9.17, 15) is 29.4 Å². The number of aliphatic hydroxyl groups excluding tert-OH is 2. The van der Waals surface area contributed by atoms with Crippen LogP contribution >= 0.6 is 11.8 Å². The highest BCUT2D eigenvalue weighted by molar-refractivity contribution is 8.14. The molecule has 4 N–H and O–H groups in total. The first-order valence-corrected chi connectivity index (χ1v) is 12.5. The Morgan fingerprint density at radius 3 is 2.44 bits per heavy atom. The zero-order valence-corrected chi connectivity index (χ0v) is 22.2. The van der Waals surface area contributed by atoms with Crippen LogP contribution in [0.2, 0.25) is 0 Å². The molecule has 0 bridgehead atoms. The van der Waals surface area contributed by atoms with Crippen LogP contribution < -0.4 is 10.6 Å². The summed E-state index contributed by atoms with van der Waals surface area (Å²) >= 11 is 0.937. The van der Waals surface area contributed by atoms with Crippen LogP contribution in [0.4, 0.5) is 0 Å². The van der Waals surface area contributed by atoms with E-state index in [2.05, 4.69) is 15.4 Å². The lowest BCUT2D eigenvalue weighted by Crippen LogP contribution is -2.60. The largest absolute Gasteiger partial charge is 0.466 e. The average molecular weight is 535 g/mol. The number of methoxy groups -OCH3 is 2. The van der Waals surface area contributed by atoms with E-state index < -0.39 is 41.6 Å². The molecule has 0 aromatic rings. The molecule has 206 valence electrons. The van der Waals surface area contributed by atoms with Crippen molar-refractivity contribution in [2.45, 2.75) is 64.3 Å². The van der Waals surface area contributed by atoms with Crippen LogP contribution in [-0.4, -0.2) is 97.1 Å². The van der Waals surface area contributed by atoms with E-state index in [1.165, 1.54) is 14.2 Å².